The fourth-order valence-electron chi connectivity index (χ4n) is 2.91. The molecular weight excluding hydrogens is 258 g/mol. The van der Waals surface area contributed by atoms with Gasteiger partial charge in [0.25, 0.3) is 0 Å². The minimum atomic E-state index is -0.541. The zero-order valence-corrected chi connectivity index (χ0v) is 12.4. The lowest BCUT2D eigenvalue weighted by Gasteiger charge is -2.42. The van der Waals surface area contributed by atoms with E-state index < -0.39 is 11.6 Å². The average Bonchev–Trinajstić information content (AvgIpc) is 2.47. The van der Waals surface area contributed by atoms with Gasteiger partial charge in [-0.15, -0.1) is 0 Å². The summed E-state index contributed by atoms with van der Waals surface area (Å²) in [7, 11) is 0. The van der Waals surface area contributed by atoms with E-state index in [0.717, 1.165) is 25.8 Å². The number of hydrogen-bond donors (Lipinski definition) is 2. The highest BCUT2D eigenvalue weighted by molar-refractivity contribution is 5.92. The van der Waals surface area contributed by atoms with Crippen molar-refractivity contribution in [1.29, 1.82) is 0 Å². The Bertz CT molecular complexity index is 367. The van der Waals surface area contributed by atoms with Gasteiger partial charge in [-0.1, -0.05) is 0 Å². The molecule has 0 radical (unpaired) electrons. The van der Waals surface area contributed by atoms with Gasteiger partial charge in [0, 0.05) is 13.1 Å². The van der Waals surface area contributed by atoms with Gasteiger partial charge in [-0.2, -0.15) is 0 Å². The smallest absolute Gasteiger partial charge is 0.245 e. The second kappa shape index (κ2) is 6.54. The van der Waals surface area contributed by atoms with Gasteiger partial charge in [0.15, 0.2) is 0 Å². The molecule has 0 aromatic carbocycles. The number of carbonyl (C=O) groups excluding carboxylic acids is 2. The van der Waals surface area contributed by atoms with Crippen LogP contribution >= 0.6 is 0 Å². The maximum absolute atomic E-state index is 12.8. The Morgan fingerprint density at radius 1 is 1.45 bits per heavy atom. The molecule has 2 heterocycles. The Morgan fingerprint density at radius 2 is 2.25 bits per heavy atom. The molecule has 0 aliphatic carbocycles. The van der Waals surface area contributed by atoms with Crippen molar-refractivity contribution in [3.63, 3.8) is 0 Å². The largest absolute Gasteiger partial charge is 0.377 e. The number of piperidine rings is 1. The zero-order valence-electron chi connectivity index (χ0n) is 12.4. The van der Waals surface area contributed by atoms with Crippen molar-refractivity contribution in [3.8, 4) is 0 Å². The van der Waals surface area contributed by atoms with Crippen LogP contribution in [0, 0.1) is 0 Å². The van der Waals surface area contributed by atoms with E-state index in [4.69, 9.17) is 4.74 Å². The molecule has 2 fully saturated rings. The molecule has 2 rings (SSSR count). The van der Waals surface area contributed by atoms with Gasteiger partial charge in [-0.3, -0.25) is 9.59 Å². The van der Waals surface area contributed by atoms with E-state index in [1.807, 2.05) is 13.8 Å². The predicted octanol–water partition coefficient (Wildman–Crippen LogP) is -0.118. The number of carbonyl (C=O) groups is 2. The molecule has 0 aromatic rings. The average molecular weight is 283 g/mol. The first-order valence-electron chi connectivity index (χ1n) is 7.50. The molecule has 2 unspecified atom stereocenters. The summed E-state index contributed by atoms with van der Waals surface area (Å²) in [6.07, 6.45) is 2.97. The molecule has 2 amide bonds. The third-order valence-corrected chi connectivity index (χ3v) is 4.13. The summed E-state index contributed by atoms with van der Waals surface area (Å²) in [4.78, 5) is 26.6. The third kappa shape index (κ3) is 3.12. The summed E-state index contributed by atoms with van der Waals surface area (Å²) in [5.74, 6) is -0.100. The van der Waals surface area contributed by atoms with E-state index in [9.17, 15) is 9.59 Å². The van der Waals surface area contributed by atoms with Crippen LogP contribution in [0.4, 0.5) is 0 Å². The fourth-order valence-corrected chi connectivity index (χ4v) is 2.91. The van der Waals surface area contributed by atoms with Gasteiger partial charge in [-0.25, -0.2) is 0 Å². The van der Waals surface area contributed by atoms with Crippen LogP contribution in [-0.4, -0.2) is 61.1 Å². The minimum Gasteiger partial charge on any atom is -0.377 e. The molecule has 2 N–H and O–H groups in total. The van der Waals surface area contributed by atoms with E-state index in [1.165, 1.54) is 0 Å². The van der Waals surface area contributed by atoms with E-state index in [1.54, 1.807) is 4.90 Å². The maximum atomic E-state index is 12.8. The molecule has 6 heteroatoms. The van der Waals surface area contributed by atoms with Crippen molar-refractivity contribution in [2.75, 3.05) is 32.8 Å². The standard InChI is InChI=1S/C14H25N3O3/c1-3-15-12(18)11-10-20-9-8-17(11)13(19)14(2)6-4-5-7-16-14/h11,16H,3-10H2,1-2H3,(H,15,18). The molecule has 6 nitrogen and oxygen atoms in total. The zero-order chi connectivity index (χ0) is 14.6. The highest BCUT2D eigenvalue weighted by Gasteiger charge is 2.42. The second-order valence-electron chi connectivity index (χ2n) is 5.70. The predicted molar refractivity (Wildman–Crippen MR) is 75.3 cm³/mol. The van der Waals surface area contributed by atoms with Gasteiger partial charge in [0.05, 0.1) is 18.8 Å². The first kappa shape index (κ1) is 15.3. The number of nitrogens with one attached hydrogen (secondary N) is 2. The highest BCUT2D eigenvalue weighted by atomic mass is 16.5. The van der Waals surface area contributed by atoms with Crippen LogP contribution in [0.15, 0.2) is 0 Å². The number of likely N-dealkylation sites (N-methyl/N-ethyl adjacent to an activating group) is 1. The molecular formula is C14H25N3O3. The number of nitrogens with zero attached hydrogens (tertiary/aromatic N) is 1. The summed E-state index contributed by atoms with van der Waals surface area (Å²) in [6.45, 7) is 6.51. The Hall–Kier alpha value is -1.14. The van der Waals surface area contributed by atoms with E-state index in [0.29, 0.717) is 19.7 Å². The molecule has 2 aliphatic heterocycles. The number of morpholine rings is 1. The van der Waals surface area contributed by atoms with Gasteiger partial charge < -0.3 is 20.3 Å². The summed E-state index contributed by atoms with van der Waals surface area (Å²) in [5.41, 5.74) is -0.541. The van der Waals surface area contributed by atoms with Crippen molar-refractivity contribution in [3.05, 3.63) is 0 Å². The summed E-state index contributed by atoms with van der Waals surface area (Å²) in [5, 5.41) is 6.10. The van der Waals surface area contributed by atoms with Crippen molar-refractivity contribution in [2.45, 2.75) is 44.7 Å². The molecule has 0 spiro atoms. The molecule has 2 saturated heterocycles. The van der Waals surface area contributed by atoms with Crippen molar-refractivity contribution >= 4 is 11.8 Å². The molecule has 114 valence electrons. The molecule has 2 atom stereocenters. The van der Waals surface area contributed by atoms with Gasteiger partial charge in [0.1, 0.15) is 6.04 Å². The topological polar surface area (TPSA) is 70.7 Å². The Morgan fingerprint density at radius 3 is 2.90 bits per heavy atom. The lowest BCUT2D eigenvalue weighted by molar-refractivity contribution is -0.153. The van der Waals surface area contributed by atoms with Crippen LogP contribution < -0.4 is 10.6 Å². The molecule has 0 saturated carbocycles. The van der Waals surface area contributed by atoms with Crippen molar-refractivity contribution < 1.29 is 14.3 Å². The Labute approximate surface area is 120 Å². The summed E-state index contributed by atoms with van der Waals surface area (Å²) in [6, 6.07) is -0.503. The highest BCUT2D eigenvalue weighted by Crippen LogP contribution is 2.23. The Kier molecular flexibility index (Phi) is 4.99. The van der Waals surface area contributed by atoms with Gasteiger partial charge in [-0.05, 0) is 39.7 Å². The molecule has 20 heavy (non-hydrogen) atoms. The van der Waals surface area contributed by atoms with E-state index in [2.05, 4.69) is 10.6 Å². The van der Waals surface area contributed by atoms with Crippen LogP contribution in [-0.2, 0) is 14.3 Å². The summed E-state index contributed by atoms with van der Waals surface area (Å²) < 4.78 is 5.38. The van der Waals surface area contributed by atoms with Crippen LogP contribution in [0.25, 0.3) is 0 Å². The van der Waals surface area contributed by atoms with E-state index >= 15 is 0 Å². The first-order chi connectivity index (χ1) is 9.58. The Balaban J connectivity index is 2.10. The number of amides is 2. The molecule has 2 aliphatic rings. The quantitative estimate of drug-likeness (QED) is 0.758. The fraction of sp³-hybridized carbons (Fsp3) is 0.857. The third-order valence-electron chi connectivity index (χ3n) is 4.13. The lowest BCUT2D eigenvalue weighted by Crippen LogP contribution is -2.64. The van der Waals surface area contributed by atoms with Gasteiger partial charge in [0.2, 0.25) is 11.8 Å². The molecule has 0 bridgehead atoms. The van der Waals surface area contributed by atoms with E-state index in [-0.39, 0.29) is 18.4 Å². The van der Waals surface area contributed by atoms with Crippen LogP contribution in [0.1, 0.15) is 33.1 Å². The second-order valence-corrected chi connectivity index (χ2v) is 5.70. The minimum absolute atomic E-state index is 0.0248. The maximum Gasteiger partial charge on any atom is 0.245 e. The lowest BCUT2D eigenvalue weighted by atomic mass is 9.89. The van der Waals surface area contributed by atoms with Crippen LogP contribution in [0.5, 0.6) is 0 Å². The van der Waals surface area contributed by atoms with Crippen LogP contribution in [0.3, 0.4) is 0 Å². The van der Waals surface area contributed by atoms with Gasteiger partial charge >= 0.3 is 0 Å². The number of ether oxygens (including phenoxy) is 1. The summed E-state index contributed by atoms with van der Waals surface area (Å²) >= 11 is 0. The molecule has 0 aromatic heterocycles. The van der Waals surface area contributed by atoms with Crippen molar-refractivity contribution in [2.24, 2.45) is 0 Å². The van der Waals surface area contributed by atoms with Crippen molar-refractivity contribution in [1.82, 2.24) is 15.5 Å². The number of rotatable bonds is 3. The first-order valence-corrected chi connectivity index (χ1v) is 7.50. The monoisotopic (exact) mass is 283 g/mol. The van der Waals surface area contributed by atoms with Crippen LogP contribution in [0.2, 0.25) is 0 Å². The SMILES string of the molecule is CCNC(=O)C1COCCN1C(=O)C1(C)CCCCN1. The number of hydrogen-bond acceptors (Lipinski definition) is 4. The normalized spacial score (nSPS) is 30.9.